The molecule has 1 saturated heterocycles. The summed E-state index contributed by atoms with van der Waals surface area (Å²) >= 11 is 0. The van der Waals surface area contributed by atoms with Gasteiger partial charge in [0, 0.05) is 32.1 Å². The molecule has 0 saturated carbocycles. The van der Waals surface area contributed by atoms with Crippen molar-refractivity contribution in [1.29, 1.82) is 0 Å². The number of nitrogens with zero attached hydrogens (tertiary/aromatic N) is 2. The summed E-state index contributed by atoms with van der Waals surface area (Å²) in [6.45, 7) is 2.25. The van der Waals surface area contributed by atoms with Crippen LogP contribution in [0, 0.1) is 0 Å². The molecule has 3 rings (SSSR count). The largest absolute Gasteiger partial charge is 0.378 e. The first-order valence-corrected chi connectivity index (χ1v) is 6.62. The van der Waals surface area contributed by atoms with Gasteiger partial charge in [-0.05, 0) is 12.8 Å². The molecule has 0 aliphatic carbocycles. The van der Waals surface area contributed by atoms with E-state index in [9.17, 15) is 0 Å². The molecule has 0 radical (unpaired) electrons. The highest BCUT2D eigenvalue weighted by molar-refractivity contribution is 5.46. The zero-order valence-corrected chi connectivity index (χ0v) is 10.7. The number of nitrogens with one attached hydrogen (secondary N) is 1. The number of hydrogen-bond acceptors (Lipinski definition) is 5. The highest BCUT2D eigenvalue weighted by Crippen LogP contribution is 2.23. The molecular weight excluding hydrogens is 230 g/mol. The summed E-state index contributed by atoms with van der Waals surface area (Å²) in [6, 6.07) is 0. The minimum Gasteiger partial charge on any atom is -0.378 e. The third kappa shape index (κ3) is 2.33. The van der Waals surface area contributed by atoms with E-state index in [1.54, 1.807) is 0 Å². The lowest BCUT2D eigenvalue weighted by Gasteiger charge is -2.20. The van der Waals surface area contributed by atoms with Crippen LogP contribution in [-0.2, 0) is 28.9 Å². The van der Waals surface area contributed by atoms with Gasteiger partial charge in [-0.25, -0.2) is 9.97 Å². The van der Waals surface area contributed by atoms with Crippen molar-refractivity contribution >= 4 is 5.82 Å². The van der Waals surface area contributed by atoms with E-state index >= 15 is 0 Å². The molecule has 3 heterocycles. The topological polar surface area (TPSA) is 56.3 Å². The van der Waals surface area contributed by atoms with Crippen LogP contribution in [0.4, 0.5) is 5.82 Å². The van der Waals surface area contributed by atoms with Crippen molar-refractivity contribution in [1.82, 2.24) is 9.97 Å². The summed E-state index contributed by atoms with van der Waals surface area (Å²) in [6.07, 6.45) is 4.28. The van der Waals surface area contributed by atoms with Crippen molar-refractivity contribution in [2.75, 3.05) is 25.6 Å². The summed E-state index contributed by atoms with van der Waals surface area (Å²) in [4.78, 5) is 9.26. The first-order chi connectivity index (χ1) is 8.86. The number of ether oxygens (including phenoxy) is 2. The standard InChI is InChI=1S/C13H19N3O2/c1-14-13-10-8-17-6-4-11(10)15-12(16-13)7-9-3-2-5-18-9/h9H,2-8H2,1H3,(H,14,15,16). The van der Waals surface area contributed by atoms with Crippen molar-refractivity contribution < 1.29 is 9.47 Å². The van der Waals surface area contributed by atoms with E-state index in [0.717, 1.165) is 61.8 Å². The van der Waals surface area contributed by atoms with Crippen LogP contribution in [0.2, 0.25) is 0 Å². The zero-order chi connectivity index (χ0) is 12.4. The minimum atomic E-state index is 0.299. The van der Waals surface area contributed by atoms with Crippen LogP contribution in [0.3, 0.4) is 0 Å². The predicted molar refractivity (Wildman–Crippen MR) is 67.6 cm³/mol. The maximum absolute atomic E-state index is 5.65. The Bertz CT molecular complexity index is 413. The third-order valence-corrected chi connectivity index (χ3v) is 3.54. The van der Waals surface area contributed by atoms with Crippen LogP contribution >= 0.6 is 0 Å². The molecule has 2 aliphatic rings. The minimum absolute atomic E-state index is 0.299. The Labute approximate surface area is 107 Å². The molecule has 0 aromatic carbocycles. The second kappa shape index (κ2) is 5.20. The Morgan fingerprint density at radius 2 is 2.28 bits per heavy atom. The number of hydrogen-bond donors (Lipinski definition) is 1. The first kappa shape index (κ1) is 11.9. The zero-order valence-electron chi connectivity index (χ0n) is 10.7. The van der Waals surface area contributed by atoms with Gasteiger partial charge in [0.1, 0.15) is 11.6 Å². The summed E-state index contributed by atoms with van der Waals surface area (Å²) in [5, 5.41) is 3.15. The molecule has 1 unspecified atom stereocenters. The lowest BCUT2D eigenvalue weighted by Crippen LogP contribution is -2.19. The average Bonchev–Trinajstić information content (AvgIpc) is 2.90. The van der Waals surface area contributed by atoms with Crippen molar-refractivity contribution in [3.63, 3.8) is 0 Å². The molecule has 1 aromatic heterocycles. The number of rotatable bonds is 3. The Kier molecular flexibility index (Phi) is 3.43. The Morgan fingerprint density at radius 1 is 1.33 bits per heavy atom. The van der Waals surface area contributed by atoms with E-state index in [1.165, 1.54) is 0 Å². The van der Waals surface area contributed by atoms with Gasteiger partial charge >= 0.3 is 0 Å². The van der Waals surface area contributed by atoms with Crippen LogP contribution in [0.25, 0.3) is 0 Å². The molecular formula is C13H19N3O2. The number of fused-ring (bicyclic) bond motifs is 1. The fraction of sp³-hybridized carbons (Fsp3) is 0.692. The van der Waals surface area contributed by atoms with E-state index in [1.807, 2.05) is 7.05 Å². The molecule has 0 spiro atoms. The van der Waals surface area contributed by atoms with Crippen molar-refractivity contribution in [3.05, 3.63) is 17.1 Å². The molecule has 5 heteroatoms. The summed E-state index contributed by atoms with van der Waals surface area (Å²) in [5.41, 5.74) is 2.24. The van der Waals surface area contributed by atoms with Crippen molar-refractivity contribution in [3.8, 4) is 0 Å². The maximum Gasteiger partial charge on any atom is 0.135 e. The van der Waals surface area contributed by atoms with Gasteiger partial charge in [0.15, 0.2) is 0 Å². The second-order valence-electron chi connectivity index (χ2n) is 4.81. The van der Waals surface area contributed by atoms with Crippen LogP contribution in [-0.4, -0.2) is 36.3 Å². The van der Waals surface area contributed by atoms with Gasteiger partial charge in [-0.3, -0.25) is 0 Å². The summed E-state index contributed by atoms with van der Waals surface area (Å²) in [7, 11) is 1.90. The fourth-order valence-corrected chi connectivity index (χ4v) is 2.59. The molecule has 18 heavy (non-hydrogen) atoms. The Balaban J connectivity index is 1.85. The van der Waals surface area contributed by atoms with Gasteiger partial charge in [0.05, 0.1) is 25.0 Å². The van der Waals surface area contributed by atoms with Gasteiger partial charge in [0.25, 0.3) is 0 Å². The van der Waals surface area contributed by atoms with E-state index in [2.05, 4.69) is 15.3 Å². The average molecular weight is 249 g/mol. The fourth-order valence-electron chi connectivity index (χ4n) is 2.59. The van der Waals surface area contributed by atoms with E-state index < -0.39 is 0 Å². The van der Waals surface area contributed by atoms with Crippen LogP contribution in [0.5, 0.6) is 0 Å². The summed E-state index contributed by atoms with van der Waals surface area (Å²) < 4.78 is 11.1. The molecule has 98 valence electrons. The molecule has 2 aliphatic heterocycles. The smallest absolute Gasteiger partial charge is 0.135 e. The van der Waals surface area contributed by atoms with Crippen LogP contribution in [0.15, 0.2) is 0 Å². The summed E-state index contributed by atoms with van der Waals surface area (Å²) in [5.74, 6) is 1.81. The van der Waals surface area contributed by atoms with Crippen molar-refractivity contribution in [2.45, 2.75) is 38.4 Å². The van der Waals surface area contributed by atoms with Gasteiger partial charge in [-0.1, -0.05) is 0 Å². The van der Waals surface area contributed by atoms with Crippen LogP contribution in [0.1, 0.15) is 29.9 Å². The quantitative estimate of drug-likeness (QED) is 0.875. The van der Waals surface area contributed by atoms with Gasteiger partial charge in [-0.2, -0.15) is 0 Å². The molecule has 0 bridgehead atoms. The highest BCUT2D eigenvalue weighted by atomic mass is 16.5. The molecule has 5 nitrogen and oxygen atoms in total. The number of aromatic nitrogens is 2. The highest BCUT2D eigenvalue weighted by Gasteiger charge is 2.21. The first-order valence-electron chi connectivity index (χ1n) is 6.62. The normalized spacial score (nSPS) is 22.8. The molecule has 0 amide bonds. The lowest BCUT2D eigenvalue weighted by atomic mass is 10.1. The molecule has 1 aromatic rings. The Morgan fingerprint density at radius 3 is 3.06 bits per heavy atom. The lowest BCUT2D eigenvalue weighted by molar-refractivity contribution is 0.106. The van der Waals surface area contributed by atoms with Gasteiger partial charge < -0.3 is 14.8 Å². The van der Waals surface area contributed by atoms with E-state index in [-0.39, 0.29) is 0 Å². The van der Waals surface area contributed by atoms with E-state index in [0.29, 0.717) is 12.7 Å². The second-order valence-corrected chi connectivity index (χ2v) is 4.81. The van der Waals surface area contributed by atoms with Gasteiger partial charge in [0.2, 0.25) is 0 Å². The number of anilines is 1. The Hall–Kier alpha value is -1.20. The molecule has 1 atom stereocenters. The molecule has 1 fully saturated rings. The predicted octanol–water partition coefficient (Wildman–Crippen LogP) is 1.31. The van der Waals surface area contributed by atoms with Gasteiger partial charge in [-0.15, -0.1) is 0 Å². The molecule has 1 N–H and O–H groups in total. The SMILES string of the molecule is CNc1nc(CC2CCCO2)nc2c1COCC2. The van der Waals surface area contributed by atoms with Crippen molar-refractivity contribution in [2.24, 2.45) is 0 Å². The van der Waals surface area contributed by atoms with E-state index in [4.69, 9.17) is 9.47 Å². The third-order valence-electron chi connectivity index (χ3n) is 3.54. The van der Waals surface area contributed by atoms with Crippen LogP contribution < -0.4 is 5.32 Å². The monoisotopic (exact) mass is 249 g/mol. The maximum atomic E-state index is 5.65.